The molecule has 0 spiro atoms. The van der Waals surface area contributed by atoms with Crippen LogP contribution in [-0.4, -0.2) is 27.9 Å². The van der Waals surface area contributed by atoms with Crippen LogP contribution in [0, 0.1) is 5.92 Å². The van der Waals surface area contributed by atoms with Crippen molar-refractivity contribution in [1.82, 2.24) is 0 Å². The largest absolute Gasteiger partial charge is 0.481 e. The van der Waals surface area contributed by atoms with E-state index in [-0.39, 0.29) is 18.4 Å². The Morgan fingerprint density at radius 2 is 2.00 bits per heavy atom. The van der Waals surface area contributed by atoms with Gasteiger partial charge in [0.25, 0.3) is 0 Å². The number of ketones is 1. The number of carbonyl (C=O) groups is 3. The van der Waals surface area contributed by atoms with E-state index in [1.807, 2.05) is 0 Å². The first-order chi connectivity index (χ1) is 6.02. The lowest BCUT2D eigenvalue weighted by Crippen LogP contribution is -2.26. The predicted molar refractivity (Wildman–Crippen MR) is 41.1 cm³/mol. The van der Waals surface area contributed by atoms with Crippen LogP contribution in [0.1, 0.15) is 12.8 Å². The fraction of sp³-hybridized carbons (Fsp3) is 0.375. The molecule has 0 aromatic carbocycles. The summed E-state index contributed by atoms with van der Waals surface area (Å²) in [6.45, 7) is 0. The van der Waals surface area contributed by atoms with Crippen LogP contribution in [0.5, 0.6) is 0 Å². The van der Waals surface area contributed by atoms with Crippen LogP contribution in [0.3, 0.4) is 0 Å². The zero-order valence-electron chi connectivity index (χ0n) is 6.69. The highest BCUT2D eigenvalue weighted by Gasteiger charge is 2.30. The Kier molecular flexibility index (Phi) is 2.46. The number of allylic oxidation sites excluding steroid dienone is 1. The fourth-order valence-electron chi connectivity index (χ4n) is 1.20. The summed E-state index contributed by atoms with van der Waals surface area (Å²) in [5, 5.41) is 17.0. The van der Waals surface area contributed by atoms with Crippen LogP contribution in [0.15, 0.2) is 11.6 Å². The van der Waals surface area contributed by atoms with Crippen molar-refractivity contribution < 1.29 is 24.6 Å². The summed E-state index contributed by atoms with van der Waals surface area (Å²) in [5.41, 5.74) is -0.0116. The van der Waals surface area contributed by atoms with Gasteiger partial charge in [-0.3, -0.25) is 9.59 Å². The van der Waals surface area contributed by atoms with Crippen molar-refractivity contribution in [2.24, 2.45) is 5.92 Å². The van der Waals surface area contributed by atoms with Crippen LogP contribution in [0.4, 0.5) is 0 Å². The van der Waals surface area contributed by atoms with Gasteiger partial charge in [-0.25, -0.2) is 4.79 Å². The zero-order chi connectivity index (χ0) is 10.0. The molecule has 1 aliphatic carbocycles. The zero-order valence-corrected chi connectivity index (χ0v) is 6.69. The minimum absolute atomic E-state index is 0.0116. The topological polar surface area (TPSA) is 91.7 Å². The maximum Gasteiger partial charge on any atom is 0.331 e. The highest BCUT2D eigenvalue weighted by molar-refractivity contribution is 6.08. The van der Waals surface area contributed by atoms with E-state index in [0.717, 1.165) is 6.08 Å². The van der Waals surface area contributed by atoms with E-state index in [0.29, 0.717) is 0 Å². The first-order valence-corrected chi connectivity index (χ1v) is 3.73. The van der Waals surface area contributed by atoms with Crippen LogP contribution >= 0.6 is 0 Å². The lowest BCUT2D eigenvalue weighted by Gasteiger charge is -2.14. The Labute approximate surface area is 73.7 Å². The van der Waals surface area contributed by atoms with Crippen molar-refractivity contribution in [2.75, 3.05) is 0 Å². The smallest absolute Gasteiger partial charge is 0.331 e. The number of carboxylic acids is 2. The van der Waals surface area contributed by atoms with Gasteiger partial charge in [0.2, 0.25) is 0 Å². The van der Waals surface area contributed by atoms with Crippen molar-refractivity contribution >= 4 is 17.7 Å². The molecule has 0 heterocycles. The van der Waals surface area contributed by atoms with Crippen molar-refractivity contribution in [2.45, 2.75) is 12.8 Å². The number of hydrogen-bond acceptors (Lipinski definition) is 3. The number of rotatable bonds is 2. The van der Waals surface area contributed by atoms with Gasteiger partial charge in [-0.05, 0) is 18.9 Å². The number of carboxylic acid groups (broad SMARTS) is 2. The second-order valence-electron chi connectivity index (χ2n) is 2.81. The maximum atomic E-state index is 11.0. The molecule has 5 heteroatoms. The average molecular weight is 184 g/mol. The van der Waals surface area contributed by atoms with E-state index in [4.69, 9.17) is 10.2 Å². The summed E-state index contributed by atoms with van der Waals surface area (Å²) in [6.07, 6.45) is 1.12. The van der Waals surface area contributed by atoms with Crippen LogP contribution in [0.25, 0.3) is 0 Å². The first kappa shape index (κ1) is 9.44. The molecule has 2 N–H and O–H groups in total. The first-order valence-electron chi connectivity index (χ1n) is 3.73. The summed E-state index contributed by atoms with van der Waals surface area (Å²) in [6, 6.07) is 0. The van der Waals surface area contributed by atoms with Crippen molar-refractivity contribution in [3.63, 3.8) is 0 Å². The lowest BCUT2D eigenvalue weighted by atomic mass is 9.89. The van der Waals surface area contributed by atoms with Crippen molar-refractivity contribution in [1.29, 1.82) is 0 Å². The number of aliphatic carboxylic acids is 2. The summed E-state index contributed by atoms with van der Waals surface area (Å²) in [7, 11) is 0. The Morgan fingerprint density at radius 3 is 2.38 bits per heavy atom. The molecule has 0 saturated heterocycles. The molecule has 0 aromatic heterocycles. The summed E-state index contributed by atoms with van der Waals surface area (Å²) >= 11 is 0. The van der Waals surface area contributed by atoms with Gasteiger partial charge in [-0.1, -0.05) is 0 Å². The molecule has 0 fully saturated rings. The van der Waals surface area contributed by atoms with Gasteiger partial charge in [0.1, 0.15) is 5.92 Å². The molecule has 0 amide bonds. The van der Waals surface area contributed by atoms with E-state index < -0.39 is 23.6 Å². The van der Waals surface area contributed by atoms with Gasteiger partial charge < -0.3 is 10.2 Å². The highest BCUT2D eigenvalue weighted by Crippen LogP contribution is 2.20. The second kappa shape index (κ2) is 3.38. The van der Waals surface area contributed by atoms with Crippen molar-refractivity contribution in [3.8, 4) is 0 Å². The second-order valence-corrected chi connectivity index (χ2v) is 2.81. The quantitative estimate of drug-likeness (QED) is 0.592. The molecule has 0 aromatic rings. The SMILES string of the molecule is O=C(O)C1=CC(=O)C(C(=O)O)CC1. The molecular weight excluding hydrogens is 176 g/mol. The van der Waals surface area contributed by atoms with E-state index in [1.165, 1.54) is 0 Å². The molecule has 1 atom stereocenters. The molecular formula is C8H8O5. The van der Waals surface area contributed by atoms with Crippen LogP contribution in [0.2, 0.25) is 0 Å². The summed E-state index contributed by atoms with van der Waals surface area (Å²) in [4.78, 5) is 31.9. The van der Waals surface area contributed by atoms with Gasteiger partial charge in [0.15, 0.2) is 5.78 Å². The van der Waals surface area contributed by atoms with Gasteiger partial charge in [-0.15, -0.1) is 0 Å². The Balaban J connectivity index is 2.83. The molecule has 1 rings (SSSR count). The Hall–Kier alpha value is -1.65. The van der Waals surface area contributed by atoms with E-state index in [2.05, 4.69) is 0 Å². The van der Waals surface area contributed by atoms with Crippen LogP contribution in [-0.2, 0) is 14.4 Å². The van der Waals surface area contributed by atoms with E-state index >= 15 is 0 Å². The lowest BCUT2D eigenvalue weighted by molar-refractivity contribution is -0.146. The Morgan fingerprint density at radius 1 is 1.38 bits per heavy atom. The molecule has 0 bridgehead atoms. The average Bonchev–Trinajstić information content (AvgIpc) is 2.03. The highest BCUT2D eigenvalue weighted by atomic mass is 16.4. The normalized spacial score (nSPS) is 22.3. The Bertz CT molecular complexity index is 302. The number of hydrogen-bond donors (Lipinski definition) is 2. The van der Waals surface area contributed by atoms with Gasteiger partial charge in [-0.2, -0.15) is 0 Å². The fourth-order valence-corrected chi connectivity index (χ4v) is 1.20. The third-order valence-electron chi connectivity index (χ3n) is 1.94. The monoisotopic (exact) mass is 184 g/mol. The molecule has 0 saturated carbocycles. The van der Waals surface area contributed by atoms with Gasteiger partial charge >= 0.3 is 11.9 Å². The van der Waals surface area contributed by atoms with E-state index in [9.17, 15) is 14.4 Å². The number of carbonyl (C=O) groups excluding carboxylic acids is 1. The minimum atomic E-state index is -1.19. The minimum Gasteiger partial charge on any atom is -0.481 e. The third kappa shape index (κ3) is 1.93. The third-order valence-corrected chi connectivity index (χ3v) is 1.94. The molecule has 0 radical (unpaired) electrons. The molecule has 0 aliphatic heterocycles. The standard InChI is InChI=1S/C8H8O5/c9-6-3-4(7(10)11)1-2-5(6)8(12)13/h3,5H,1-2H2,(H,10,11)(H,12,13). The molecule has 1 unspecified atom stereocenters. The maximum absolute atomic E-state index is 11.0. The summed E-state index contributed by atoms with van der Waals surface area (Å²) < 4.78 is 0. The van der Waals surface area contributed by atoms with Gasteiger partial charge in [0.05, 0.1) is 0 Å². The molecule has 1 aliphatic rings. The predicted octanol–water partition coefficient (Wildman–Crippen LogP) is 0.0611. The van der Waals surface area contributed by atoms with Crippen LogP contribution < -0.4 is 0 Å². The molecule has 70 valence electrons. The molecule has 5 nitrogen and oxygen atoms in total. The van der Waals surface area contributed by atoms with Crippen molar-refractivity contribution in [3.05, 3.63) is 11.6 Å². The van der Waals surface area contributed by atoms with Gasteiger partial charge in [0, 0.05) is 5.57 Å². The summed E-state index contributed by atoms with van der Waals surface area (Å²) in [5.74, 6) is -4.04. The van der Waals surface area contributed by atoms with E-state index in [1.54, 1.807) is 0 Å². The molecule has 13 heavy (non-hydrogen) atoms.